The molecule has 0 saturated carbocycles. The van der Waals surface area contributed by atoms with Crippen LogP contribution in [0.5, 0.6) is 0 Å². The first-order chi connectivity index (χ1) is 14.9. The second kappa shape index (κ2) is 11.7. The molecule has 0 unspecified atom stereocenters. The van der Waals surface area contributed by atoms with Crippen LogP contribution in [0.3, 0.4) is 0 Å². The molecular formula is C27H32FN3. The summed E-state index contributed by atoms with van der Waals surface area (Å²) in [5, 5.41) is 7.87. The van der Waals surface area contributed by atoms with Crippen molar-refractivity contribution in [2.24, 2.45) is 0 Å². The molecule has 1 N–H and O–H groups in total. The summed E-state index contributed by atoms with van der Waals surface area (Å²) in [5.41, 5.74) is 6.71. The van der Waals surface area contributed by atoms with Crippen molar-refractivity contribution in [3.63, 3.8) is 0 Å². The lowest BCUT2D eigenvalue weighted by Crippen LogP contribution is -2.13. The van der Waals surface area contributed by atoms with Crippen molar-refractivity contribution < 1.29 is 4.39 Å². The van der Waals surface area contributed by atoms with E-state index in [9.17, 15) is 4.39 Å². The van der Waals surface area contributed by atoms with Gasteiger partial charge in [0.15, 0.2) is 0 Å². The van der Waals surface area contributed by atoms with Crippen molar-refractivity contribution in [3.05, 3.63) is 108 Å². The third kappa shape index (κ3) is 6.29. The number of aromatic nitrogens is 2. The lowest BCUT2D eigenvalue weighted by Gasteiger charge is -2.14. The van der Waals surface area contributed by atoms with Crippen molar-refractivity contribution in [3.8, 4) is 5.69 Å². The normalized spacial score (nSPS) is 10.8. The van der Waals surface area contributed by atoms with E-state index in [4.69, 9.17) is 0 Å². The van der Waals surface area contributed by atoms with Gasteiger partial charge in [-0.3, -0.25) is 0 Å². The Bertz CT molecular complexity index is 1030. The first-order valence-corrected chi connectivity index (χ1v) is 10.6. The molecular weight excluding hydrogens is 385 g/mol. The Kier molecular flexibility index (Phi) is 9.01. The van der Waals surface area contributed by atoms with E-state index in [0.29, 0.717) is 6.54 Å². The van der Waals surface area contributed by atoms with Crippen LogP contribution in [0, 0.1) is 12.7 Å². The zero-order valence-corrected chi connectivity index (χ0v) is 19.0. The van der Waals surface area contributed by atoms with Crippen LogP contribution in [-0.2, 0) is 6.54 Å². The molecule has 0 fully saturated rings. The van der Waals surface area contributed by atoms with E-state index in [0.717, 1.165) is 28.2 Å². The fourth-order valence-electron chi connectivity index (χ4n) is 3.05. The number of benzene rings is 2. The molecule has 0 saturated heterocycles. The SMILES string of the molecule is C=Cc1c(/C(=C\C)C(=C)NCc2ccc(C)cc2)cnn1-c1ccc(F)cc1.CCC. The topological polar surface area (TPSA) is 29.9 Å². The molecule has 4 heteroatoms. The summed E-state index contributed by atoms with van der Waals surface area (Å²) in [6.45, 7) is 17.1. The molecule has 2 aromatic carbocycles. The van der Waals surface area contributed by atoms with Gasteiger partial charge in [0.05, 0.1) is 17.6 Å². The van der Waals surface area contributed by atoms with Crippen LogP contribution < -0.4 is 5.32 Å². The number of nitrogens with zero attached hydrogens (tertiary/aromatic N) is 2. The summed E-state index contributed by atoms with van der Waals surface area (Å²) in [6.07, 6.45) is 6.79. The Morgan fingerprint density at radius 1 is 1.10 bits per heavy atom. The van der Waals surface area contributed by atoms with Gasteiger partial charge in [-0.15, -0.1) is 0 Å². The summed E-state index contributed by atoms with van der Waals surface area (Å²) >= 11 is 0. The van der Waals surface area contributed by atoms with Crippen molar-refractivity contribution in [2.75, 3.05) is 0 Å². The van der Waals surface area contributed by atoms with Gasteiger partial charge in [0.1, 0.15) is 5.82 Å². The van der Waals surface area contributed by atoms with E-state index in [1.807, 2.05) is 13.0 Å². The van der Waals surface area contributed by atoms with Gasteiger partial charge in [-0.2, -0.15) is 5.10 Å². The number of aryl methyl sites for hydroxylation is 1. The lowest BCUT2D eigenvalue weighted by atomic mass is 10.0. The summed E-state index contributed by atoms with van der Waals surface area (Å²) in [5.74, 6) is -0.279. The van der Waals surface area contributed by atoms with Crippen LogP contribution in [0.4, 0.5) is 4.39 Å². The standard InChI is InChI=1S/C24H24FN3.C3H8/c1-5-22(18(4)26-15-19-9-7-17(3)8-10-19)23-16-27-28(24(23)6-2)21-13-11-20(25)12-14-21;1-3-2/h5-14,16,26H,2,4,15H2,1,3H3;3H2,1-2H3/b22-5-;. The number of hydrogen-bond acceptors (Lipinski definition) is 2. The van der Waals surface area contributed by atoms with Gasteiger partial charge < -0.3 is 5.32 Å². The van der Waals surface area contributed by atoms with E-state index < -0.39 is 0 Å². The molecule has 3 aromatic rings. The van der Waals surface area contributed by atoms with Gasteiger partial charge in [0.25, 0.3) is 0 Å². The van der Waals surface area contributed by atoms with Gasteiger partial charge in [0, 0.05) is 23.4 Å². The molecule has 0 bridgehead atoms. The van der Waals surface area contributed by atoms with E-state index in [2.05, 4.69) is 68.6 Å². The van der Waals surface area contributed by atoms with Crippen LogP contribution >= 0.6 is 0 Å². The van der Waals surface area contributed by atoms with Crippen molar-refractivity contribution in [1.82, 2.24) is 15.1 Å². The van der Waals surface area contributed by atoms with Crippen molar-refractivity contribution in [2.45, 2.75) is 40.7 Å². The highest BCUT2D eigenvalue weighted by molar-refractivity contribution is 5.82. The Labute approximate surface area is 185 Å². The molecule has 0 atom stereocenters. The van der Waals surface area contributed by atoms with Gasteiger partial charge in [-0.05, 0) is 49.8 Å². The Hall–Kier alpha value is -3.40. The highest BCUT2D eigenvalue weighted by Gasteiger charge is 2.15. The smallest absolute Gasteiger partial charge is 0.123 e. The fourth-order valence-corrected chi connectivity index (χ4v) is 3.05. The summed E-state index contributed by atoms with van der Waals surface area (Å²) in [6, 6.07) is 14.6. The molecule has 31 heavy (non-hydrogen) atoms. The van der Waals surface area contributed by atoms with Gasteiger partial charge in [-0.25, -0.2) is 9.07 Å². The average Bonchev–Trinajstić information content (AvgIpc) is 3.18. The summed E-state index contributed by atoms with van der Waals surface area (Å²) < 4.78 is 15.0. The predicted molar refractivity (Wildman–Crippen MR) is 130 cm³/mol. The number of halogens is 1. The highest BCUT2D eigenvalue weighted by Crippen LogP contribution is 2.27. The fraction of sp³-hybridized carbons (Fsp3) is 0.222. The summed E-state index contributed by atoms with van der Waals surface area (Å²) in [4.78, 5) is 0. The molecule has 3 nitrogen and oxygen atoms in total. The third-order valence-corrected chi connectivity index (χ3v) is 4.60. The van der Waals surface area contributed by atoms with Crippen LogP contribution in [0.1, 0.15) is 49.6 Å². The minimum Gasteiger partial charge on any atom is -0.381 e. The molecule has 0 aliphatic heterocycles. The van der Waals surface area contributed by atoms with Crippen LogP contribution in [0.2, 0.25) is 0 Å². The minimum atomic E-state index is -0.279. The minimum absolute atomic E-state index is 0.279. The Balaban J connectivity index is 0.00000107. The quantitative estimate of drug-likeness (QED) is 0.416. The van der Waals surface area contributed by atoms with Gasteiger partial charge >= 0.3 is 0 Å². The average molecular weight is 418 g/mol. The number of rotatable bonds is 7. The molecule has 162 valence electrons. The maximum Gasteiger partial charge on any atom is 0.123 e. The van der Waals surface area contributed by atoms with E-state index in [1.54, 1.807) is 29.1 Å². The van der Waals surface area contributed by atoms with E-state index in [-0.39, 0.29) is 5.82 Å². The molecule has 1 aromatic heterocycles. The monoisotopic (exact) mass is 417 g/mol. The van der Waals surface area contributed by atoms with Crippen LogP contribution in [-0.4, -0.2) is 9.78 Å². The number of hydrogen-bond donors (Lipinski definition) is 1. The largest absolute Gasteiger partial charge is 0.381 e. The van der Waals surface area contributed by atoms with Crippen LogP contribution in [0.25, 0.3) is 17.3 Å². The van der Waals surface area contributed by atoms with E-state index in [1.165, 1.54) is 29.7 Å². The Morgan fingerprint density at radius 2 is 1.71 bits per heavy atom. The molecule has 1 heterocycles. The van der Waals surface area contributed by atoms with E-state index >= 15 is 0 Å². The maximum absolute atomic E-state index is 13.2. The van der Waals surface area contributed by atoms with Crippen LogP contribution in [0.15, 0.2) is 79.7 Å². The zero-order valence-electron chi connectivity index (χ0n) is 19.0. The molecule has 0 aliphatic carbocycles. The Morgan fingerprint density at radius 3 is 2.26 bits per heavy atom. The molecule has 0 spiro atoms. The summed E-state index contributed by atoms with van der Waals surface area (Å²) in [7, 11) is 0. The van der Waals surface area contributed by atoms with Crippen molar-refractivity contribution >= 4 is 11.6 Å². The number of allylic oxidation sites excluding steroid dienone is 2. The maximum atomic E-state index is 13.2. The molecule has 3 rings (SSSR count). The second-order valence-electron chi connectivity index (χ2n) is 7.26. The van der Waals surface area contributed by atoms with Crippen molar-refractivity contribution in [1.29, 1.82) is 0 Å². The van der Waals surface area contributed by atoms with Gasteiger partial charge in [0.2, 0.25) is 0 Å². The molecule has 0 aliphatic rings. The lowest BCUT2D eigenvalue weighted by molar-refractivity contribution is 0.627. The molecule has 0 radical (unpaired) electrons. The predicted octanol–water partition coefficient (Wildman–Crippen LogP) is 7.09. The molecule has 0 amide bonds. The first-order valence-electron chi connectivity index (χ1n) is 10.6. The highest BCUT2D eigenvalue weighted by atomic mass is 19.1. The second-order valence-corrected chi connectivity index (χ2v) is 7.26. The number of nitrogens with one attached hydrogen (secondary N) is 1. The van der Waals surface area contributed by atoms with Gasteiger partial charge in [-0.1, -0.05) is 69.3 Å². The third-order valence-electron chi connectivity index (χ3n) is 4.60. The zero-order chi connectivity index (χ0) is 22.8. The first kappa shape index (κ1) is 23.9.